The minimum Gasteiger partial charge on any atom is -0.368 e. The predicted octanol–water partition coefficient (Wildman–Crippen LogP) is 12.7. The zero-order valence-corrected chi connectivity index (χ0v) is 36.2. The molecule has 1 fully saturated rings. The molecule has 10 heteroatoms. The van der Waals surface area contributed by atoms with E-state index < -0.39 is 5.66 Å². The first-order valence-corrected chi connectivity index (χ1v) is 20.8. The Balaban J connectivity index is 0.000000327. The Morgan fingerprint density at radius 1 is 0.852 bits per heavy atom. The molecule has 1 aromatic heterocycles. The Morgan fingerprint density at radius 2 is 1.46 bits per heavy atom. The molecule has 5 nitrogen and oxygen atoms in total. The summed E-state index contributed by atoms with van der Waals surface area (Å²) in [5.41, 5.74) is 0.259. The SMILES string of the molecule is C/C=C\C=C/C(C)Cl.CC.CCCN(CCC)C(C)c1ccc(Cl)cc1.CCc1nc(N2CCN(c3cccc(C(F)(F)P)c3)CC2)c2ccccc2n1. The van der Waals surface area contributed by atoms with E-state index in [0.29, 0.717) is 6.04 Å². The summed E-state index contributed by atoms with van der Waals surface area (Å²) in [6.45, 7) is 22.1. The molecule has 0 aliphatic carbocycles. The third-order valence-electron chi connectivity index (χ3n) is 8.72. The molecule has 296 valence electrons. The Labute approximate surface area is 337 Å². The van der Waals surface area contributed by atoms with Crippen molar-refractivity contribution in [1.29, 1.82) is 0 Å². The summed E-state index contributed by atoms with van der Waals surface area (Å²) in [7, 11) is 1.61. The third-order valence-corrected chi connectivity index (χ3v) is 9.45. The first-order chi connectivity index (χ1) is 25.9. The Hall–Kier alpha value is -3.09. The Morgan fingerprint density at radius 3 is 2.02 bits per heavy atom. The number of piperazine rings is 1. The van der Waals surface area contributed by atoms with Crippen molar-refractivity contribution in [2.75, 3.05) is 49.1 Å². The van der Waals surface area contributed by atoms with Gasteiger partial charge in [-0.3, -0.25) is 4.90 Å². The van der Waals surface area contributed by atoms with Crippen molar-refractivity contribution in [2.45, 2.75) is 91.7 Å². The van der Waals surface area contributed by atoms with Crippen LogP contribution in [0.25, 0.3) is 10.9 Å². The van der Waals surface area contributed by atoms with Crippen LogP contribution in [-0.4, -0.2) is 59.5 Å². The highest BCUT2D eigenvalue weighted by atomic mass is 35.5. The normalized spacial score (nSPS) is 14.3. The molecule has 1 aliphatic heterocycles. The Kier molecular flexibility index (Phi) is 21.9. The van der Waals surface area contributed by atoms with E-state index in [2.05, 4.69) is 65.6 Å². The number of halogens is 4. The lowest BCUT2D eigenvalue weighted by molar-refractivity contribution is 0.104. The van der Waals surface area contributed by atoms with E-state index >= 15 is 0 Å². The molecule has 4 aromatic rings. The van der Waals surface area contributed by atoms with Gasteiger partial charge in [0, 0.05) is 65.7 Å². The van der Waals surface area contributed by atoms with Crippen molar-refractivity contribution in [3.05, 3.63) is 119 Å². The molecule has 1 aliphatic rings. The lowest BCUT2D eigenvalue weighted by Gasteiger charge is -2.37. The number of fused-ring (bicyclic) bond motifs is 1. The molecule has 0 radical (unpaired) electrons. The van der Waals surface area contributed by atoms with Crippen LogP contribution in [0.15, 0.2) is 97.1 Å². The molecule has 3 atom stereocenters. The predicted molar refractivity (Wildman–Crippen MR) is 236 cm³/mol. The molecule has 5 rings (SSSR count). The van der Waals surface area contributed by atoms with Gasteiger partial charge in [0.2, 0.25) is 0 Å². The zero-order valence-electron chi connectivity index (χ0n) is 33.6. The van der Waals surface area contributed by atoms with Crippen LogP contribution < -0.4 is 9.80 Å². The molecule has 0 bridgehead atoms. The summed E-state index contributed by atoms with van der Waals surface area (Å²) < 4.78 is 27.3. The highest BCUT2D eigenvalue weighted by Gasteiger charge is 2.26. The molecular formula is C44H62Cl2F2N5P. The summed E-state index contributed by atoms with van der Waals surface area (Å²) in [6, 6.07) is 23.4. The second-order valence-corrected chi connectivity index (χ2v) is 14.7. The summed E-state index contributed by atoms with van der Waals surface area (Å²) in [4.78, 5) is 16.4. The molecule has 0 spiro atoms. The number of aromatic nitrogens is 2. The van der Waals surface area contributed by atoms with E-state index in [-0.39, 0.29) is 10.9 Å². The molecule has 54 heavy (non-hydrogen) atoms. The maximum Gasteiger partial charge on any atom is 0.283 e. The largest absolute Gasteiger partial charge is 0.368 e. The molecular weight excluding hydrogens is 738 g/mol. The number of rotatable bonds is 12. The van der Waals surface area contributed by atoms with Gasteiger partial charge in [-0.05, 0) is 88.7 Å². The fraction of sp³-hybridized carbons (Fsp3) is 0.455. The first kappa shape index (κ1) is 47.1. The van der Waals surface area contributed by atoms with Gasteiger partial charge >= 0.3 is 0 Å². The van der Waals surface area contributed by atoms with Crippen LogP contribution in [0.2, 0.25) is 5.02 Å². The number of anilines is 2. The zero-order chi connectivity index (χ0) is 40.1. The quantitative estimate of drug-likeness (QED) is 0.0810. The summed E-state index contributed by atoms with van der Waals surface area (Å²) in [5.74, 6) is 1.80. The second-order valence-electron chi connectivity index (χ2n) is 12.8. The maximum atomic E-state index is 13.6. The lowest BCUT2D eigenvalue weighted by Crippen LogP contribution is -2.47. The van der Waals surface area contributed by atoms with Crippen LogP contribution in [-0.2, 0) is 12.1 Å². The fourth-order valence-corrected chi connectivity index (χ4v) is 6.34. The maximum absolute atomic E-state index is 13.6. The van der Waals surface area contributed by atoms with Crippen molar-refractivity contribution >= 4 is 54.8 Å². The molecule has 1 saturated heterocycles. The summed E-state index contributed by atoms with van der Waals surface area (Å²) >= 11 is 11.5. The first-order valence-electron chi connectivity index (χ1n) is 19.4. The van der Waals surface area contributed by atoms with Gasteiger partial charge in [0.1, 0.15) is 11.6 Å². The molecule has 0 N–H and O–H groups in total. The van der Waals surface area contributed by atoms with Crippen LogP contribution in [0, 0.1) is 0 Å². The number of para-hydroxylation sites is 1. The highest BCUT2D eigenvalue weighted by molar-refractivity contribution is 7.17. The standard InChI is InChI=1S/C21H23F2N4P.C14H22ClN.C7H11Cl.C2H6/c1-2-19-24-18-9-4-3-8-17(18)20(25-19)27-12-10-26(11-13-27)16-7-5-6-15(14-16)21(22,23)28;1-4-10-16(11-5-2)12(3)13-6-8-14(15)9-7-13;1-3-4-5-6-7(2)8;1-2/h3-9,14H,2,10-13,28H2,1H3;6-9,12H,4-5,10-11H2,1-3H3;3-7H,1-2H3;1-2H3/b;;4-3-,6-5-;. The van der Waals surface area contributed by atoms with Crippen LogP contribution >= 0.6 is 32.4 Å². The van der Waals surface area contributed by atoms with Crippen molar-refractivity contribution in [1.82, 2.24) is 14.9 Å². The molecule has 3 aromatic carbocycles. The summed E-state index contributed by atoms with van der Waals surface area (Å²) in [5, 5.41) is 2.01. The van der Waals surface area contributed by atoms with E-state index in [9.17, 15) is 8.78 Å². The molecule has 0 saturated carbocycles. The van der Waals surface area contributed by atoms with Gasteiger partial charge in [-0.25, -0.2) is 9.97 Å². The van der Waals surface area contributed by atoms with E-state index in [1.165, 1.54) is 24.5 Å². The van der Waals surface area contributed by atoms with Gasteiger partial charge in [0.25, 0.3) is 5.66 Å². The van der Waals surface area contributed by atoms with E-state index in [4.69, 9.17) is 28.2 Å². The van der Waals surface area contributed by atoms with Crippen molar-refractivity contribution < 1.29 is 8.78 Å². The number of benzene rings is 3. The monoisotopic (exact) mass is 799 g/mol. The average molecular weight is 801 g/mol. The number of alkyl halides is 3. The van der Waals surface area contributed by atoms with Crippen LogP contribution in [0.5, 0.6) is 0 Å². The van der Waals surface area contributed by atoms with Crippen LogP contribution in [0.3, 0.4) is 0 Å². The van der Waals surface area contributed by atoms with Gasteiger partial charge in [0.05, 0.1) is 5.52 Å². The molecule has 3 unspecified atom stereocenters. The lowest BCUT2D eigenvalue weighted by atomic mass is 10.1. The number of aryl methyl sites for hydroxylation is 1. The number of nitrogens with zero attached hydrogens (tertiary/aromatic N) is 5. The number of allylic oxidation sites excluding steroid dienone is 4. The van der Waals surface area contributed by atoms with Crippen molar-refractivity contribution in [3.63, 3.8) is 0 Å². The molecule has 2 heterocycles. The highest BCUT2D eigenvalue weighted by Crippen LogP contribution is 2.36. The molecule has 0 amide bonds. The van der Waals surface area contributed by atoms with Crippen molar-refractivity contribution in [3.8, 4) is 0 Å². The number of hydrogen-bond acceptors (Lipinski definition) is 5. The average Bonchev–Trinajstić information content (AvgIpc) is 3.18. The Bertz CT molecular complexity index is 1680. The van der Waals surface area contributed by atoms with E-state index in [0.717, 1.165) is 78.9 Å². The third kappa shape index (κ3) is 15.6. The van der Waals surface area contributed by atoms with E-state index in [1.54, 1.807) is 21.4 Å². The van der Waals surface area contributed by atoms with Gasteiger partial charge < -0.3 is 9.80 Å². The number of hydrogen-bond donors (Lipinski definition) is 0. The smallest absolute Gasteiger partial charge is 0.283 e. The van der Waals surface area contributed by atoms with Gasteiger partial charge in [-0.1, -0.05) is 116 Å². The van der Waals surface area contributed by atoms with Gasteiger partial charge in [-0.2, -0.15) is 8.78 Å². The van der Waals surface area contributed by atoms with E-state index in [1.807, 2.05) is 88.4 Å². The topological polar surface area (TPSA) is 35.5 Å². The van der Waals surface area contributed by atoms with Crippen molar-refractivity contribution in [2.24, 2.45) is 0 Å². The van der Waals surface area contributed by atoms with Gasteiger partial charge in [0.15, 0.2) is 0 Å². The van der Waals surface area contributed by atoms with Crippen LogP contribution in [0.1, 0.15) is 91.2 Å². The fourth-order valence-electron chi connectivity index (χ4n) is 5.95. The second kappa shape index (κ2) is 25.1. The summed E-state index contributed by atoms with van der Waals surface area (Å²) in [6.07, 6.45) is 11.0. The van der Waals surface area contributed by atoms with Crippen LogP contribution in [0.4, 0.5) is 20.3 Å². The van der Waals surface area contributed by atoms with Gasteiger partial charge in [-0.15, -0.1) is 11.6 Å². The minimum absolute atomic E-state index is 0.0202. The minimum atomic E-state index is -2.91.